The number of anilines is 1. The lowest BCUT2D eigenvalue weighted by atomic mass is 10.1. The van der Waals surface area contributed by atoms with E-state index in [9.17, 15) is 22.4 Å². The molecule has 0 aliphatic rings. The van der Waals surface area contributed by atoms with Crippen molar-refractivity contribution in [2.45, 2.75) is 58.7 Å². The van der Waals surface area contributed by atoms with E-state index in [2.05, 4.69) is 5.32 Å². The van der Waals surface area contributed by atoms with E-state index in [1.165, 1.54) is 23.1 Å². The van der Waals surface area contributed by atoms with Gasteiger partial charge in [-0.3, -0.25) is 13.9 Å². The fourth-order valence-electron chi connectivity index (χ4n) is 3.52. The molecule has 36 heavy (non-hydrogen) atoms. The van der Waals surface area contributed by atoms with Crippen molar-refractivity contribution in [2.24, 2.45) is 0 Å². The van der Waals surface area contributed by atoms with Crippen LogP contribution in [0, 0.1) is 5.82 Å². The van der Waals surface area contributed by atoms with Crippen LogP contribution in [0.5, 0.6) is 0 Å². The molecule has 2 amide bonds. The zero-order chi connectivity index (χ0) is 27.0. The highest BCUT2D eigenvalue weighted by Gasteiger charge is 2.28. The first-order valence-corrected chi connectivity index (χ1v) is 14.2. The van der Waals surface area contributed by atoms with Crippen molar-refractivity contribution in [3.63, 3.8) is 0 Å². The Morgan fingerprint density at radius 1 is 1.11 bits per heavy atom. The Balaban J connectivity index is 2.22. The van der Waals surface area contributed by atoms with E-state index in [-0.39, 0.29) is 54.2 Å². The number of amides is 2. The molecule has 198 valence electrons. The van der Waals surface area contributed by atoms with Crippen LogP contribution in [0.3, 0.4) is 0 Å². The van der Waals surface area contributed by atoms with Gasteiger partial charge in [0.2, 0.25) is 21.8 Å². The number of carbonyl (C=O) groups is 2. The fraction of sp³-hybridized carbons (Fsp3) is 0.440. The molecule has 1 N–H and O–H groups in total. The third-order valence-electron chi connectivity index (χ3n) is 5.80. The minimum atomic E-state index is -3.72. The van der Waals surface area contributed by atoms with Crippen LogP contribution in [0.4, 0.5) is 10.1 Å². The van der Waals surface area contributed by atoms with Gasteiger partial charge in [-0.2, -0.15) is 0 Å². The number of sulfonamides is 1. The molecule has 2 rings (SSSR count). The highest BCUT2D eigenvalue weighted by molar-refractivity contribution is 7.92. The van der Waals surface area contributed by atoms with Crippen LogP contribution in [-0.4, -0.2) is 50.0 Å². The third-order valence-corrected chi connectivity index (χ3v) is 7.53. The number of hydrogen-bond acceptors (Lipinski definition) is 4. The van der Waals surface area contributed by atoms with Crippen LogP contribution in [0.2, 0.25) is 10.0 Å². The van der Waals surface area contributed by atoms with E-state index in [1.54, 1.807) is 31.2 Å². The second-order valence-electron chi connectivity index (χ2n) is 8.64. The smallest absolute Gasteiger partial charge is 0.242 e. The Hall–Kier alpha value is -2.36. The Morgan fingerprint density at radius 3 is 2.39 bits per heavy atom. The van der Waals surface area contributed by atoms with E-state index < -0.39 is 27.8 Å². The zero-order valence-electron chi connectivity index (χ0n) is 20.8. The number of rotatable bonds is 12. The van der Waals surface area contributed by atoms with E-state index in [4.69, 9.17) is 23.2 Å². The Morgan fingerprint density at radius 2 is 1.78 bits per heavy atom. The molecular formula is C25H32Cl2FN3O4S. The SMILES string of the molecule is CCC(C)NC(=O)C(C)N(Cc1ccccc1F)C(=O)CCCN(c1cc(Cl)ccc1Cl)S(C)(=O)=O. The zero-order valence-corrected chi connectivity index (χ0v) is 23.1. The molecule has 2 atom stereocenters. The first kappa shape index (κ1) is 29.9. The van der Waals surface area contributed by atoms with E-state index in [1.807, 2.05) is 13.8 Å². The largest absolute Gasteiger partial charge is 0.352 e. The normalized spacial score (nSPS) is 13.1. The molecule has 7 nitrogen and oxygen atoms in total. The van der Waals surface area contributed by atoms with Crippen LogP contribution < -0.4 is 9.62 Å². The molecule has 0 saturated heterocycles. The Kier molecular flexibility index (Phi) is 11.0. The first-order chi connectivity index (χ1) is 16.8. The summed E-state index contributed by atoms with van der Waals surface area (Å²) in [7, 11) is -3.72. The summed E-state index contributed by atoms with van der Waals surface area (Å²) in [6, 6.07) is 9.59. The number of nitrogens with one attached hydrogen (secondary N) is 1. The lowest BCUT2D eigenvalue weighted by Crippen LogP contribution is -2.49. The summed E-state index contributed by atoms with van der Waals surface area (Å²) in [4.78, 5) is 27.4. The molecule has 0 radical (unpaired) electrons. The van der Waals surface area contributed by atoms with Gasteiger partial charge in [0.05, 0.1) is 17.0 Å². The second kappa shape index (κ2) is 13.3. The van der Waals surface area contributed by atoms with Gasteiger partial charge in [-0.05, 0) is 51.0 Å². The van der Waals surface area contributed by atoms with Gasteiger partial charge in [0.25, 0.3) is 0 Å². The molecule has 0 aliphatic carbocycles. The molecule has 0 bridgehead atoms. The van der Waals surface area contributed by atoms with Gasteiger partial charge in [0, 0.05) is 36.1 Å². The maximum atomic E-state index is 14.4. The van der Waals surface area contributed by atoms with Crippen molar-refractivity contribution in [3.8, 4) is 0 Å². The van der Waals surface area contributed by atoms with Crippen LogP contribution >= 0.6 is 23.2 Å². The quantitative estimate of drug-likeness (QED) is 0.396. The molecule has 0 spiro atoms. The molecule has 11 heteroatoms. The van der Waals surface area contributed by atoms with E-state index in [0.717, 1.165) is 10.6 Å². The van der Waals surface area contributed by atoms with Gasteiger partial charge in [0.1, 0.15) is 11.9 Å². The second-order valence-corrected chi connectivity index (χ2v) is 11.4. The average molecular weight is 561 g/mol. The Labute approximate surface area is 222 Å². The minimum absolute atomic E-state index is 0.0361. The van der Waals surface area contributed by atoms with Crippen LogP contribution in [0.15, 0.2) is 42.5 Å². The van der Waals surface area contributed by atoms with Gasteiger partial charge >= 0.3 is 0 Å². The van der Waals surface area contributed by atoms with Crippen molar-refractivity contribution in [3.05, 3.63) is 63.9 Å². The van der Waals surface area contributed by atoms with Crippen molar-refractivity contribution < 1.29 is 22.4 Å². The summed E-state index contributed by atoms with van der Waals surface area (Å²) in [6.07, 6.45) is 1.83. The average Bonchev–Trinajstić information content (AvgIpc) is 2.81. The van der Waals surface area contributed by atoms with E-state index in [0.29, 0.717) is 11.4 Å². The lowest BCUT2D eigenvalue weighted by Gasteiger charge is -2.30. The van der Waals surface area contributed by atoms with Gasteiger partial charge in [-0.1, -0.05) is 48.3 Å². The molecule has 0 aliphatic heterocycles. The monoisotopic (exact) mass is 559 g/mol. The molecule has 2 aromatic rings. The minimum Gasteiger partial charge on any atom is -0.352 e. The molecule has 2 aromatic carbocycles. The Bertz CT molecular complexity index is 1180. The van der Waals surface area contributed by atoms with E-state index >= 15 is 0 Å². The standard InChI is InChI=1S/C25H32Cl2FN3O4S/c1-5-17(2)29-25(33)18(3)30(16-19-9-6-7-10-22(19)28)24(32)11-8-14-31(36(4,34)35)23-15-20(26)12-13-21(23)27/h6-7,9-10,12-13,15,17-18H,5,8,11,14,16H2,1-4H3,(H,29,33). The third kappa shape index (κ3) is 8.35. The fourth-order valence-corrected chi connectivity index (χ4v) is 4.92. The number of halogens is 3. The highest BCUT2D eigenvalue weighted by atomic mass is 35.5. The van der Waals surface area contributed by atoms with Crippen molar-refractivity contribution in [2.75, 3.05) is 17.1 Å². The van der Waals surface area contributed by atoms with Gasteiger partial charge in [-0.25, -0.2) is 12.8 Å². The number of carbonyl (C=O) groups excluding carboxylic acids is 2. The maximum absolute atomic E-state index is 14.4. The van der Waals surface area contributed by atoms with Crippen LogP contribution in [0.1, 0.15) is 45.6 Å². The van der Waals surface area contributed by atoms with Crippen molar-refractivity contribution in [1.29, 1.82) is 0 Å². The summed E-state index contributed by atoms with van der Waals surface area (Å²) in [5.74, 6) is -1.24. The summed E-state index contributed by atoms with van der Waals surface area (Å²) >= 11 is 12.2. The molecule has 0 heterocycles. The first-order valence-electron chi connectivity index (χ1n) is 11.6. The number of nitrogens with zero attached hydrogens (tertiary/aromatic N) is 2. The summed E-state index contributed by atoms with van der Waals surface area (Å²) in [5.41, 5.74) is 0.487. The molecule has 2 unspecified atom stereocenters. The summed E-state index contributed by atoms with van der Waals surface area (Å²) in [6.45, 7) is 5.24. The predicted molar refractivity (Wildman–Crippen MR) is 142 cm³/mol. The van der Waals surface area contributed by atoms with Crippen LogP contribution in [-0.2, 0) is 26.2 Å². The summed E-state index contributed by atoms with van der Waals surface area (Å²) in [5, 5.41) is 3.37. The molecule has 0 fully saturated rings. The van der Waals surface area contributed by atoms with Gasteiger partial charge in [-0.15, -0.1) is 0 Å². The maximum Gasteiger partial charge on any atom is 0.242 e. The summed E-state index contributed by atoms with van der Waals surface area (Å²) < 4.78 is 40.3. The predicted octanol–water partition coefficient (Wildman–Crippen LogP) is 5.01. The molecule has 0 saturated carbocycles. The van der Waals surface area contributed by atoms with Crippen molar-refractivity contribution >= 4 is 50.7 Å². The highest BCUT2D eigenvalue weighted by Crippen LogP contribution is 2.31. The lowest BCUT2D eigenvalue weighted by molar-refractivity contribution is -0.141. The van der Waals surface area contributed by atoms with Crippen molar-refractivity contribution in [1.82, 2.24) is 10.2 Å². The van der Waals surface area contributed by atoms with Gasteiger partial charge in [0.15, 0.2) is 0 Å². The van der Waals surface area contributed by atoms with Gasteiger partial charge < -0.3 is 10.2 Å². The molecule has 0 aromatic heterocycles. The number of benzene rings is 2. The molecular weight excluding hydrogens is 528 g/mol. The topological polar surface area (TPSA) is 86.8 Å². The van der Waals surface area contributed by atoms with Crippen LogP contribution in [0.25, 0.3) is 0 Å². The number of hydrogen-bond donors (Lipinski definition) is 1.